The van der Waals surface area contributed by atoms with Crippen LogP contribution in [0.15, 0.2) is 30.3 Å². The van der Waals surface area contributed by atoms with Crippen molar-refractivity contribution in [2.45, 2.75) is 90.1 Å². The summed E-state index contributed by atoms with van der Waals surface area (Å²) in [5.74, 6) is 0. The molecular weight excluding hydrogens is 300 g/mol. The molecule has 3 nitrogen and oxygen atoms in total. The lowest BCUT2D eigenvalue weighted by Crippen LogP contribution is -2.16. The maximum Gasteiger partial charge on any atom is 0.506 e. The molecule has 0 aliphatic rings. The van der Waals surface area contributed by atoms with Gasteiger partial charge in [-0.1, -0.05) is 75.8 Å². The van der Waals surface area contributed by atoms with Crippen LogP contribution in [-0.4, -0.2) is 17.4 Å². The van der Waals surface area contributed by atoms with Gasteiger partial charge >= 0.3 is 6.16 Å². The molecule has 0 saturated carbocycles. The first-order valence-electron chi connectivity index (χ1n) is 9.66. The lowest BCUT2D eigenvalue weighted by atomic mass is 10.0. The molecule has 0 radical (unpaired) electrons. The lowest BCUT2D eigenvalue weighted by molar-refractivity contribution is 0.0423. The maximum atomic E-state index is 10.7. The van der Waals surface area contributed by atoms with Gasteiger partial charge in [0.25, 0.3) is 0 Å². The fourth-order valence-corrected chi connectivity index (χ4v) is 3.08. The smallest absolute Gasteiger partial charge is 0.450 e. The summed E-state index contributed by atoms with van der Waals surface area (Å²) in [6, 6.07) is 10.7. The quantitative estimate of drug-likeness (QED) is 0.308. The summed E-state index contributed by atoms with van der Waals surface area (Å²) in [6.07, 6.45) is 12.4. The minimum absolute atomic E-state index is 0.105. The summed E-state index contributed by atoms with van der Waals surface area (Å²) < 4.78 is 5.01. The Labute approximate surface area is 147 Å². The molecule has 1 aromatic carbocycles. The van der Waals surface area contributed by atoms with Crippen molar-refractivity contribution in [1.82, 2.24) is 0 Å². The third kappa shape index (κ3) is 11.1. The largest absolute Gasteiger partial charge is 0.506 e. The average Bonchev–Trinajstić information content (AvgIpc) is 2.57. The zero-order valence-corrected chi connectivity index (χ0v) is 15.2. The number of rotatable bonds is 14. The standard InChI is InChI=1S/C21H34O3/c1-2-3-9-17-20(24-21(22)23)18-13-7-5-4-6-10-14-19-15-11-8-12-16-19/h8,11-12,15-16,20H,2-7,9-10,13-14,17-18H2,1H3,(H,22,23). The highest BCUT2D eigenvalue weighted by molar-refractivity contribution is 5.57. The minimum atomic E-state index is -1.13. The van der Waals surface area contributed by atoms with Crippen LogP contribution >= 0.6 is 0 Å². The molecule has 0 amide bonds. The van der Waals surface area contributed by atoms with Crippen LogP contribution in [0, 0.1) is 0 Å². The van der Waals surface area contributed by atoms with Gasteiger partial charge in [-0.3, -0.25) is 0 Å². The fourth-order valence-electron chi connectivity index (χ4n) is 3.08. The Balaban J connectivity index is 2.00. The Morgan fingerprint density at radius 3 is 2.12 bits per heavy atom. The van der Waals surface area contributed by atoms with Gasteiger partial charge in [0.15, 0.2) is 0 Å². The molecule has 0 aliphatic heterocycles. The van der Waals surface area contributed by atoms with Crippen molar-refractivity contribution in [2.24, 2.45) is 0 Å². The second-order valence-electron chi connectivity index (χ2n) is 6.65. The first-order chi connectivity index (χ1) is 11.7. The van der Waals surface area contributed by atoms with E-state index in [1.807, 2.05) is 0 Å². The number of hydrogen-bond acceptors (Lipinski definition) is 2. The van der Waals surface area contributed by atoms with Gasteiger partial charge < -0.3 is 9.84 Å². The highest BCUT2D eigenvalue weighted by Gasteiger charge is 2.12. The molecule has 0 bridgehead atoms. The van der Waals surface area contributed by atoms with E-state index in [0.29, 0.717) is 0 Å². The van der Waals surface area contributed by atoms with Crippen LogP contribution in [0.2, 0.25) is 0 Å². The first kappa shape index (κ1) is 20.5. The second-order valence-corrected chi connectivity index (χ2v) is 6.65. The van der Waals surface area contributed by atoms with Crippen molar-refractivity contribution < 1.29 is 14.6 Å². The molecule has 1 atom stereocenters. The van der Waals surface area contributed by atoms with Crippen molar-refractivity contribution in [3.05, 3.63) is 35.9 Å². The van der Waals surface area contributed by atoms with E-state index < -0.39 is 6.16 Å². The first-order valence-corrected chi connectivity index (χ1v) is 9.66. The van der Waals surface area contributed by atoms with Crippen LogP contribution < -0.4 is 0 Å². The van der Waals surface area contributed by atoms with Gasteiger partial charge in [0.2, 0.25) is 0 Å². The Morgan fingerprint density at radius 2 is 1.50 bits per heavy atom. The molecule has 0 aliphatic carbocycles. The Morgan fingerprint density at radius 1 is 0.917 bits per heavy atom. The molecule has 0 fully saturated rings. The van der Waals surface area contributed by atoms with Gasteiger partial charge in [-0.15, -0.1) is 0 Å². The van der Waals surface area contributed by atoms with Gasteiger partial charge in [-0.05, 0) is 44.1 Å². The zero-order valence-electron chi connectivity index (χ0n) is 15.2. The molecule has 136 valence electrons. The molecule has 3 heteroatoms. The maximum absolute atomic E-state index is 10.7. The van der Waals surface area contributed by atoms with Crippen LogP contribution in [-0.2, 0) is 11.2 Å². The van der Waals surface area contributed by atoms with Crippen molar-refractivity contribution >= 4 is 6.16 Å². The molecule has 0 spiro atoms. The highest BCUT2D eigenvalue weighted by atomic mass is 16.7. The number of ether oxygens (including phenoxy) is 1. The normalized spacial score (nSPS) is 12.0. The van der Waals surface area contributed by atoms with Gasteiger partial charge in [-0.25, -0.2) is 4.79 Å². The molecule has 1 N–H and O–H groups in total. The van der Waals surface area contributed by atoms with Gasteiger partial charge in [0, 0.05) is 0 Å². The van der Waals surface area contributed by atoms with E-state index in [1.54, 1.807) is 0 Å². The summed E-state index contributed by atoms with van der Waals surface area (Å²) >= 11 is 0. The SMILES string of the molecule is CCCCCC(CCCCCCCCc1ccccc1)OC(=O)O. The van der Waals surface area contributed by atoms with E-state index in [2.05, 4.69) is 37.3 Å². The predicted octanol–water partition coefficient (Wildman–Crippen LogP) is 6.60. The lowest BCUT2D eigenvalue weighted by Gasteiger charge is -2.15. The monoisotopic (exact) mass is 334 g/mol. The molecule has 1 rings (SSSR count). The topological polar surface area (TPSA) is 46.5 Å². The van der Waals surface area contributed by atoms with E-state index in [1.165, 1.54) is 44.1 Å². The number of carbonyl (C=O) groups is 1. The minimum Gasteiger partial charge on any atom is -0.450 e. The molecule has 1 unspecified atom stereocenters. The van der Waals surface area contributed by atoms with Crippen LogP contribution in [0.25, 0.3) is 0 Å². The molecular formula is C21H34O3. The van der Waals surface area contributed by atoms with Crippen molar-refractivity contribution in [1.29, 1.82) is 0 Å². The van der Waals surface area contributed by atoms with Crippen LogP contribution in [0.3, 0.4) is 0 Å². The number of hydrogen-bond donors (Lipinski definition) is 1. The number of carboxylic acid groups (broad SMARTS) is 1. The van der Waals surface area contributed by atoms with Crippen LogP contribution in [0.1, 0.15) is 83.1 Å². The Hall–Kier alpha value is -1.51. The number of aryl methyl sites for hydroxylation is 1. The zero-order chi connectivity index (χ0) is 17.5. The van der Waals surface area contributed by atoms with E-state index in [-0.39, 0.29) is 6.10 Å². The molecule has 1 aromatic rings. The van der Waals surface area contributed by atoms with Crippen molar-refractivity contribution in [3.63, 3.8) is 0 Å². The second kappa shape index (κ2) is 13.9. The van der Waals surface area contributed by atoms with Crippen molar-refractivity contribution in [3.8, 4) is 0 Å². The van der Waals surface area contributed by atoms with E-state index in [4.69, 9.17) is 9.84 Å². The third-order valence-corrected chi connectivity index (χ3v) is 4.48. The third-order valence-electron chi connectivity index (χ3n) is 4.48. The van der Waals surface area contributed by atoms with E-state index >= 15 is 0 Å². The highest BCUT2D eigenvalue weighted by Crippen LogP contribution is 2.16. The van der Waals surface area contributed by atoms with E-state index in [0.717, 1.165) is 38.5 Å². The molecule has 0 saturated heterocycles. The summed E-state index contributed by atoms with van der Waals surface area (Å²) in [6.45, 7) is 2.16. The number of benzene rings is 1. The van der Waals surface area contributed by atoms with E-state index in [9.17, 15) is 4.79 Å². The van der Waals surface area contributed by atoms with Crippen LogP contribution in [0.5, 0.6) is 0 Å². The summed E-state index contributed by atoms with van der Waals surface area (Å²) in [5, 5.41) is 8.81. The Kier molecular flexibility index (Phi) is 11.9. The molecule has 24 heavy (non-hydrogen) atoms. The van der Waals surface area contributed by atoms with Crippen molar-refractivity contribution in [2.75, 3.05) is 0 Å². The average molecular weight is 334 g/mol. The number of unbranched alkanes of at least 4 members (excludes halogenated alkanes) is 7. The summed E-state index contributed by atoms with van der Waals surface area (Å²) in [5.41, 5.74) is 1.43. The summed E-state index contributed by atoms with van der Waals surface area (Å²) in [7, 11) is 0. The summed E-state index contributed by atoms with van der Waals surface area (Å²) in [4.78, 5) is 10.7. The predicted molar refractivity (Wildman–Crippen MR) is 99.5 cm³/mol. The Bertz CT molecular complexity index is 416. The molecule has 0 heterocycles. The fraction of sp³-hybridized carbons (Fsp3) is 0.667. The molecule has 0 aromatic heterocycles. The van der Waals surface area contributed by atoms with Gasteiger partial charge in [-0.2, -0.15) is 0 Å². The van der Waals surface area contributed by atoms with Crippen LogP contribution in [0.4, 0.5) is 4.79 Å². The van der Waals surface area contributed by atoms with Gasteiger partial charge in [0.05, 0.1) is 0 Å². The van der Waals surface area contributed by atoms with Gasteiger partial charge in [0.1, 0.15) is 6.10 Å².